The number of carbonyl (C=O) groups is 1. The van der Waals surface area contributed by atoms with Crippen molar-refractivity contribution in [1.82, 2.24) is 9.97 Å². The summed E-state index contributed by atoms with van der Waals surface area (Å²) in [6.45, 7) is 6.37. The number of hydrogen-bond donors (Lipinski definition) is 2. The molecule has 3 N–H and O–H groups in total. The molecule has 6 heteroatoms. The highest BCUT2D eigenvalue weighted by molar-refractivity contribution is 6.03. The Morgan fingerprint density at radius 3 is 2.54 bits per heavy atom. The number of aromatic amines is 1. The van der Waals surface area contributed by atoms with Crippen LogP contribution in [0.5, 0.6) is 5.75 Å². The lowest BCUT2D eigenvalue weighted by molar-refractivity contribution is 0.0997. The monoisotopic (exact) mass is 351 g/mol. The molecule has 26 heavy (non-hydrogen) atoms. The summed E-state index contributed by atoms with van der Waals surface area (Å²) >= 11 is 0. The third-order valence-corrected chi connectivity index (χ3v) is 4.33. The fourth-order valence-electron chi connectivity index (χ4n) is 2.91. The molecule has 0 aliphatic heterocycles. The number of ether oxygens (including phenoxy) is 1. The van der Waals surface area contributed by atoms with Crippen molar-refractivity contribution in [3.63, 3.8) is 0 Å². The molecule has 0 atom stereocenters. The number of hydrogen-bond acceptors (Lipinski definition) is 4. The zero-order valence-electron chi connectivity index (χ0n) is 15.2. The standard InChI is InChI=1S/C20H21N3O3/c1-20(2,3)11-5-6-12(16(9-11)26-4)14-10-15(24)17-13(23-14)7-8-22-18(17)19(21)25/h5-10H,1-4H3,(H2,21,25)(H,23,24). The summed E-state index contributed by atoms with van der Waals surface area (Å²) in [5, 5.41) is 0.189. The van der Waals surface area contributed by atoms with Crippen LogP contribution in [0.2, 0.25) is 0 Å². The fourth-order valence-corrected chi connectivity index (χ4v) is 2.91. The van der Waals surface area contributed by atoms with Crippen molar-refractivity contribution in [2.24, 2.45) is 5.73 Å². The predicted molar refractivity (Wildman–Crippen MR) is 102 cm³/mol. The van der Waals surface area contributed by atoms with E-state index in [4.69, 9.17) is 10.5 Å². The first kappa shape index (κ1) is 17.7. The van der Waals surface area contributed by atoms with E-state index < -0.39 is 5.91 Å². The first-order valence-electron chi connectivity index (χ1n) is 8.23. The molecule has 2 aromatic heterocycles. The van der Waals surface area contributed by atoms with Crippen molar-refractivity contribution < 1.29 is 9.53 Å². The lowest BCUT2D eigenvalue weighted by atomic mass is 9.86. The van der Waals surface area contributed by atoms with Crippen LogP contribution in [0.15, 0.2) is 41.3 Å². The first-order valence-corrected chi connectivity index (χ1v) is 8.23. The van der Waals surface area contributed by atoms with Gasteiger partial charge in [-0.25, -0.2) is 0 Å². The third kappa shape index (κ3) is 3.06. The Morgan fingerprint density at radius 2 is 1.92 bits per heavy atom. The molecule has 0 saturated heterocycles. The zero-order chi connectivity index (χ0) is 19.1. The number of pyridine rings is 2. The number of nitrogens with zero attached hydrogens (tertiary/aromatic N) is 1. The summed E-state index contributed by atoms with van der Waals surface area (Å²) in [5.41, 5.74) is 7.93. The molecule has 0 aliphatic carbocycles. The van der Waals surface area contributed by atoms with E-state index in [9.17, 15) is 9.59 Å². The van der Waals surface area contributed by atoms with Gasteiger partial charge in [0.15, 0.2) is 5.43 Å². The van der Waals surface area contributed by atoms with E-state index in [1.807, 2.05) is 18.2 Å². The largest absolute Gasteiger partial charge is 0.496 e. The highest BCUT2D eigenvalue weighted by atomic mass is 16.5. The minimum absolute atomic E-state index is 0.0232. The van der Waals surface area contributed by atoms with Gasteiger partial charge in [-0.2, -0.15) is 0 Å². The second-order valence-corrected chi connectivity index (χ2v) is 7.16. The molecule has 0 bridgehead atoms. The molecule has 0 spiro atoms. The van der Waals surface area contributed by atoms with Gasteiger partial charge < -0.3 is 15.5 Å². The number of aromatic nitrogens is 2. The molecule has 134 valence electrons. The van der Waals surface area contributed by atoms with Gasteiger partial charge >= 0.3 is 0 Å². The van der Waals surface area contributed by atoms with Crippen LogP contribution in [0.25, 0.3) is 22.2 Å². The normalized spacial score (nSPS) is 11.5. The molecule has 0 fully saturated rings. The summed E-state index contributed by atoms with van der Waals surface area (Å²) < 4.78 is 5.54. The van der Waals surface area contributed by atoms with Crippen LogP contribution in [0.3, 0.4) is 0 Å². The smallest absolute Gasteiger partial charge is 0.268 e. The van der Waals surface area contributed by atoms with E-state index in [0.29, 0.717) is 17.0 Å². The first-order chi connectivity index (χ1) is 12.2. The maximum atomic E-state index is 12.6. The number of carbonyl (C=O) groups excluding carboxylic acids is 1. The van der Waals surface area contributed by atoms with E-state index in [1.54, 1.807) is 13.2 Å². The van der Waals surface area contributed by atoms with Crippen LogP contribution >= 0.6 is 0 Å². The molecule has 3 aromatic rings. The van der Waals surface area contributed by atoms with E-state index in [1.165, 1.54) is 12.3 Å². The Bertz CT molecular complexity index is 1060. The van der Waals surface area contributed by atoms with Gasteiger partial charge in [0.25, 0.3) is 5.91 Å². The predicted octanol–water partition coefficient (Wildman–Crippen LogP) is 3.00. The number of benzene rings is 1. The fraction of sp³-hybridized carbons (Fsp3) is 0.250. The Balaban J connectivity index is 2.24. The van der Waals surface area contributed by atoms with Crippen molar-refractivity contribution in [3.05, 3.63) is 58.0 Å². The molecule has 6 nitrogen and oxygen atoms in total. The molecular formula is C20H21N3O3. The van der Waals surface area contributed by atoms with Gasteiger partial charge in [-0.3, -0.25) is 14.6 Å². The number of amides is 1. The highest BCUT2D eigenvalue weighted by Gasteiger charge is 2.18. The Morgan fingerprint density at radius 1 is 1.19 bits per heavy atom. The Kier molecular flexibility index (Phi) is 4.28. The number of nitrogens with two attached hydrogens (primary N) is 1. The maximum absolute atomic E-state index is 12.6. The van der Waals surface area contributed by atoms with Crippen molar-refractivity contribution in [2.45, 2.75) is 26.2 Å². The molecule has 3 rings (SSSR count). The van der Waals surface area contributed by atoms with Crippen LogP contribution < -0.4 is 15.9 Å². The van der Waals surface area contributed by atoms with E-state index in [-0.39, 0.29) is 21.9 Å². The van der Waals surface area contributed by atoms with Gasteiger partial charge in [0.05, 0.1) is 23.7 Å². The van der Waals surface area contributed by atoms with Gasteiger partial charge in [0, 0.05) is 17.8 Å². The number of rotatable bonds is 3. The Labute approximate surface area is 151 Å². The second-order valence-electron chi connectivity index (χ2n) is 7.16. The number of primary amides is 1. The number of methoxy groups -OCH3 is 1. The van der Waals surface area contributed by atoms with Crippen LogP contribution in [-0.2, 0) is 5.41 Å². The number of fused-ring (bicyclic) bond motifs is 1. The molecule has 1 aromatic carbocycles. The summed E-state index contributed by atoms with van der Waals surface area (Å²) in [6, 6.07) is 8.99. The van der Waals surface area contributed by atoms with Crippen molar-refractivity contribution in [2.75, 3.05) is 7.11 Å². The quantitative estimate of drug-likeness (QED) is 0.758. The SMILES string of the molecule is COc1cc(C(C)(C)C)ccc1-c1cc(=O)c2c(C(N)=O)nccc2[nH]1. The molecule has 0 radical (unpaired) electrons. The van der Waals surface area contributed by atoms with Crippen molar-refractivity contribution in [1.29, 1.82) is 0 Å². The van der Waals surface area contributed by atoms with Crippen LogP contribution in [0.4, 0.5) is 0 Å². The average molecular weight is 351 g/mol. The summed E-state index contributed by atoms with van der Waals surface area (Å²) in [5.74, 6) is -0.0717. The topological polar surface area (TPSA) is 98.1 Å². The molecular weight excluding hydrogens is 330 g/mol. The van der Waals surface area contributed by atoms with Gasteiger partial charge in [0.2, 0.25) is 0 Å². The minimum atomic E-state index is -0.735. The summed E-state index contributed by atoms with van der Waals surface area (Å²) in [6.07, 6.45) is 1.45. The highest BCUT2D eigenvalue weighted by Crippen LogP contribution is 2.34. The lowest BCUT2D eigenvalue weighted by Gasteiger charge is -2.21. The van der Waals surface area contributed by atoms with E-state index in [2.05, 4.69) is 30.7 Å². The van der Waals surface area contributed by atoms with Crippen LogP contribution in [-0.4, -0.2) is 23.0 Å². The lowest BCUT2D eigenvalue weighted by Crippen LogP contribution is -2.17. The molecule has 0 saturated carbocycles. The van der Waals surface area contributed by atoms with Gasteiger partial charge in [0.1, 0.15) is 11.4 Å². The van der Waals surface area contributed by atoms with E-state index >= 15 is 0 Å². The number of H-pyrrole nitrogens is 1. The third-order valence-electron chi connectivity index (χ3n) is 4.33. The van der Waals surface area contributed by atoms with Crippen molar-refractivity contribution in [3.8, 4) is 17.0 Å². The second kappa shape index (κ2) is 6.29. The maximum Gasteiger partial charge on any atom is 0.268 e. The van der Waals surface area contributed by atoms with E-state index in [0.717, 1.165) is 11.1 Å². The van der Waals surface area contributed by atoms with Gasteiger partial charge in [-0.15, -0.1) is 0 Å². The molecule has 0 aliphatic rings. The minimum Gasteiger partial charge on any atom is -0.496 e. The molecule has 0 unspecified atom stereocenters. The zero-order valence-corrected chi connectivity index (χ0v) is 15.2. The molecule has 1 amide bonds. The number of nitrogens with one attached hydrogen (secondary N) is 1. The average Bonchev–Trinajstić information content (AvgIpc) is 2.59. The summed E-state index contributed by atoms with van der Waals surface area (Å²) in [4.78, 5) is 31.3. The summed E-state index contributed by atoms with van der Waals surface area (Å²) in [7, 11) is 1.60. The Hall–Kier alpha value is -3.15. The van der Waals surface area contributed by atoms with Crippen molar-refractivity contribution >= 4 is 16.8 Å². The van der Waals surface area contributed by atoms with Crippen LogP contribution in [0, 0.1) is 0 Å². The van der Waals surface area contributed by atoms with Gasteiger partial charge in [-0.1, -0.05) is 26.8 Å². The van der Waals surface area contributed by atoms with Crippen LogP contribution in [0.1, 0.15) is 36.8 Å². The van der Waals surface area contributed by atoms with Gasteiger partial charge in [-0.05, 0) is 29.2 Å². The molecule has 2 heterocycles.